The smallest absolute Gasteiger partial charge is 0.345 e. The molecular weight excluding hydrogens is 226 g/mol. The van der Waals surface area contributed by atoms with E-state index in [1.807, 2.05) is 19.1 Å². The summed E-state index contributed by atoms with van der Waals surface area (Å²) >= 11 is 0. The summed E-state index contributed by atoms with van der Waals surface area (Å²) < 4.78 is 0. The van der Waals surface area contributed by atoms with Crippen LogP contribution in [0.3, 0.4) is 0 Å². The van der Waals surface area contributed by atoms with Gasteiger partial charge in [-0.3, -0.25) is 0 Å². The molecule has 1 aromatic heterocycles. The lowest BCUT2D eigenvalue weighted by Crippen LogP contribution is -2.13. The second-order valence-corrected chi connectivity index (χ2v) is 4.66. The molecule has 0 spiro atoms. The minimum Gasteiger partial charge on any atom is -0.385 e. The minimum atomic E-state index is -0.291. The first kappa shape index (κ1) is 11.0. The molecule has 0 amide bonds. The second kappa shape index (κ2) is 4.29. The number of hydrogen-bond donors (Lipinski definition) is 2. The van der Waals surface area contributed by atoms with E-state index in [0.29, 0.717) is 0 Å². The number of aromatic nitrogens is 2. The SMILES string of the molecule is Cc1cc(-c2ccc3c(c2)CCCN3)nc(=O)[nH]1. The predicted molar refractivity (Wildman–Crippen MR) is 71.8 cm³/mol. The highest BCUT2D eigenvalue weighted by Crippen LogP contribution is 2.27. The van der Waals surface area contributed by atoms with E-state index in [2.05, 4.69) is 27.4 Å². The largest absolute Gasteiger partial charge is 0.385 e. The third-order valence-electron chi connectivity index (χ3n) is 3.22. The van der Waals surface area contributed by atoms with Crippen LogP contribution in [-0.2, 0) is 6.42 Å². The molecule has 4 nitrogen and oxygen atoms in total. The van der Waals surface area contributed by atoms with E-state index in [9.17, 15) is 4.79 Å². The van der Waals surface area contributed by atoms with Crippen molar-refractivity contribution in [2.45, 2.75) is 19.8 Å². The lowest BCUT2D eigenvalue weighted by Gasteiger charge is -2.18. The molecule has 2 N–H and O–H groups in total. The molecule has 92 valence electrons. The molecular formula is C14H15N3O. The van der Waals surface area contributed by atoms with E-state index in [1.165, 1.54) is 11.3 Å². The van der Waals surface area contributed by atoms with Gasteiger partial charge in [-0.05, 0) is 43.5 Å². The average Bonchev–Trinajstić information content (AvgIpc) is 2.37. The molecule has 1 aliphatic rings. The van der Waals surface area contributed by atoms with Crippen molar-refractivity contribution >= 4 is 5.69 Å². The Labute approximate surface area is 105 Å². The van der Waals surface area contributed by atoms with Crippen LogP contribution in [0.15, 0.2) is 29.1 Å². The van der Waals surface area contributed by atoms with Gasteiger partial charge in [0.2, 0.25) is 0 Å². The Hall–Kier alpha value is -2.10. The zero-order valence-electron chi connectivity index (χ0n) is 10.3. The zero-order chi connectivity index (χ0) is 12.5. The van der Waals surface area contributed by atoms with Crippen molar-refractivity contribution in [3.05, 3.63) is 46.0 Å². The molecule has 0 saturated heterocycles. The highest BCUT2D eigenvalue weighted by atomic mass is 16.1. The van der Waals surface area contributed by atoms with E-state index in [-0.39, 0.29) is 5.69 Å². The maximum absolute atomic E-state index is 11.4. The number of fused-ring (bicyclic) bond motifs is 1. The molecule has 0 fully saturated rings. The van der Waals surface area contributed by atoms with Crippen molar-refractivity contribution in [1.29, 1.82) is 0 Å². The molecule has 0 atom stereocenters. The maximum Gasteiger partial charge on any atom is 0.345 e. The molecule has 0 bridgehead atoms. The number of aromatic amines is 1. The van der Waals surface area contributed by atoms with Crippen LogP contribution in [0, 0.1) is 6.92 Å². The van der Waals surface area contributed by atoms with Crippen molar-refractivity contribution in [2.75, 3.05) is 11.9 Å². The van der Waals surface area contributed by atoms with Crippen molar-refractivity contribution in [2.24, 2.45) is 0 Å². The third-order valence-corrected chi connectivity index (χ3v) is 3.22. The number of H-pyrrole nitrogens is 1. The Balaban J connectivity index is 2.08. The van der Waals surface area contributed by atoms with Crippen LogP contribution in [0.5, 0.6) is 0 Å². The number of hydrogen-bond acceptors (Lipinski definition) is 3. The van der Waals surface area contributed by atoms with Gasteiger partial charge in [-0.15, -0.1) is 0 Å². The molecule has 0 aliphatic carbocycles. The quantitative estimate of drug-likeness (QED) is 0.804. The van der Waals surface area contributed by atoms with Crippen molar-refractivity contribution in [3.63, 3.8) is 0 Å². The van der Waals surface area contributed by atoms with Gasteiger partial charge in [-0.25, -0.2) is 4.79 Å². The van der Waals surface area contributed by atoms with Gasteiger partial charge in [0.05, 0.1) is 5.69 Å². The van der Waals surface area contributed by atoms with Crippen LogP contribution in [0.4, 0.5) is 5.69 Å². The first-order valence-electron chi connectivity index (χ1n) is 6.17. The van der Waals surface area contributed by atoms with E-state index < -0.39 is 0 Å². The van der Waals surface area contributed by atoms with Gasteiger partial charge in [-0.2, -0.15) is 4.98 Å². The fourth-order valence-corrected chi connectivity index (χ4v) is 2.36. The minimum absolute atomic E-state index is 0.291. The Bertz CT molecular complexity index is 646. The van der Waals surface area contributed by atoms with Gasteiger partial charge in [-0.1, -0.05) is 6.07 Å². The number of nitrogens with one attached hydrogen (secondary N) is 2. The van der Waals surface area contributed by atoms with Crippen LogP contribution in [0.1, 0.15) is 17.7 Å². The fraction of sp³-hybridized carbons (Fsp3) is 0.286. The summed E-state index contributed by atoms with van der Waals surface area (Å²) in [6.07, 6.45) is 2.23. The van der Waals surface area contributed by atoms with Crippen molar-refractivity contribution in [1.82, 2.24) is 9.97 Å². The zero-order valence-corrected chi connectivity index (χ0v) is 10.3. The van der Waals surface area contributed by atoms with Crippen LogP contribution in [0.2, 0.25) is 0 Å². The number of benzene rings is 1. The normalized spacial score (nSPS) is 13.8. The summed E-state index contributed by atoms with van der Waals surface area (Å²) in [6.45, 7) is 2.90. The topological polar surface area (TPSA) is 57.8 Å². The molecule has 2 heterocycles. The monoisotopic (exact) mass is 241 g/mol. The predicted octanol–water partition coefficient (Wildman–Crippen LogP) is 2.10. The third kappa shape index (κ3) is 2.01. The molecule has 0 saturated carbocycles. The second-order valence-electron chi connectivity index (χ2n) is 4.66. The van der Waals surface area contributed by atoms with Crippen LogP contribution >= 0.6 is 0 Å². The molecule has 0 radical (unpaired) electrons. The highest BCUT2D eigenvalue weighted by molar-refractivity contribution is 5.66. The summed E-state index contributed by atoms with van der Waals surface area (Å²) in [5.74, 6) is 0. The average molecular weight is 241 g/mol. The lowest BCUT2D eigenvalue weighted by atomic mass is 9.99. The van der Waals surface area contributed by atoms with Gasteiger partial charge < -0.3 is 10.3 Å². The summed E-state index contributed by atoms with van der Waals surface area (Å²) in [4.78, 5) is 18.1. The number of anilines is 1. The fourth-order valence-electron chi connectivity index (χ4n) is 2.36. The lowest BCUT2D eigenvalue weighted by molar-refractivity contribution is 0.830. The number of rotatable bonds is 1. The molecule has 1 aromatic carbocycles. The van der Waals surface area contributed by atoms with Crippen LogP contribution in [0.25, 0.3) is 11.3 Å². The highest BCUT2D eigenvalue weighted by Gasteiger charge is 2.10. The van der Waals surface area contributed by atoms with Gasteiger partial charge in [0.25, 0.3) is 0 Å². The Morgan fingerprint density at radius 3 is 3.00 bits per heavy atom. The van der Waals surface area contributed by atoms with E-state index >= 15 is 0 Å². The van der Waals surface area contributed by atoms with Crippen molar-refractivity contribution in [3.8, 4) is 11.3 Å². The van der Waals surface area contributed by atoms with Crippen LogP contribution in [-0.4, -0.2) is 16.5 Å². The Kier molecular flexibility index (Phi) is 2.63. The van der Waals surface area contributed by atoms with Crippen molar-refractivity contribution < 1.29 is 0 Å². The first-order chi connectivity index (χ1) is 8.72. The van der Waals surface area contributed by atoms with Gasteiger partial charge in [0.15, 0.2) is 0 Å². The molecule has 0 unspecified atom stereocenters. The summed E-state index contributed by atoms with van der Waals surface area (Å²) in [7, 11) is 0. The summed E-state index contributed by atoms with van der Waals surface area (Å²) in [6, 6.07) is 8.11. The van der Waals surface area contributed by atoms with E-state index in [1.54, 1.807) is 0 Å². The number of aryl methyl sites for hydroxylation is 2. The van der Waals surface area contributed by atoms with Gasteiger partial charge in [0.1, 0.15) is 0 Å². The summed E-state index contributed by atoms with van der Waals surface area (Å²) in [5, 5.41) is 3.38. The van der Waals surface area contributed by atoms with E-state index in [0.717, 1.165) is 36.3 Å². The molecule has 3 rings (SSSR count). The molecule has 4 heteroatoms. The maximum atomic E-state index is 11.4. The van der Waals surface area contributed by atoms with Gasteiger partial charge >= 0.3 is 5.69 Å². The van der Waals surface area contributed by atoms with Crippen LogP contribution < -0.4 is 11.0 Å². The standard InChI is InChI=1S/C14H15N3O/c1-9-7-13(17-14(18)16-9)11-4-5-12-10(8-11)3-2-6-15-12/h4-5,7-8,15H,2-3,6H2,1H3,(H,16,17,18). The Morgan fingerprint density at radius 1 is 1.28 bits per heavy atom. The number of nitrogens with zero attached hydrogens (tertiary/aromatic N) is 1. The Morgan fingerprint density at radius 2 is 2.17 bits per heavy atom. The molecule has 1 aliphatic heterocycles. The van der Waals surface area contributed by atoms with Gasteiger partial charge in [0, 0.05) is 23.5 Å². The first-order valence-corrected chi connectivity index (χ1v) is 6.17. The molecule has 18 heavy (non-hydrogen) atoms. The molecule has 2 aromatic rings. The van der Waals surface area contributed by atoms with E-state index in [4.69, 9.17) is 0 Å². The summed E-state index contributed by atoms with van der Waals surface area (Å²) in [5.41, 5.74) is 4.79.